The number of aliphatic hydroxyl groups is 10. The lowest BCUT2D eigenvalue weighted by molar-refractivity contribution is -0.360. The molecular weight excluding hydrogens is 1280 g/mol. The molecule has 18 atom stereocenters. The number of hydrogen-bond donors (Lipinski definition) is 11. The summed E-state index contributed by atoms with van der Waals surface area (Å²) in [6, 6.07) is 0. The van der Waals surface area contributed by atoms with Crippen LogP contribution in [0.4, 0.5) is 0 Å². The quantitative estimate of drug-likeness (QED) is 0.0117. The van der Waals surface area contributed by atoms with E-state index in [4.69, 9.17) is 42.2 Å². The highest BCUT2D eigenvalue weighted by Crippen LogP contribution is 2.49. The van der Waals surface area contributed by atoms with Crippen molar-refractivity contribution in [3.05, 3.63) is 0 Å². The molecule has 1 saturated carbocycles. The molecule has 0 amide bonds. The van der Waals surface area contributed by atoms with Crippen molar-refractivity contribution in [2.24, 2.45) is 0 Å². The second kappa shape index (κ2) is 54.6. The van der Waals surface area contributed by atoms with Gasteiger partial charge in [-0.25, -0.2) is 4.57 Å². The molecule has 0 aromatic carbocycles. The number of phosphoric ester groups is 1. The van der Waals surface area contributed by atoms with Gasteiger partial charge in [-0.3, -0.25) is 23.4 Å². The minimum atomic E-state index is -5.69. The molecule has 2 saturated heterocycles. The van der Waals surface area contributed by atoms with Gasteiger partial charge in [0.25, 0.3) is 0 Å². The van der Waals surface area contributed by atoms with Crippen LogP contribution in [0.15, 0.2) is 0 Å². The minimum absolute atomic E-state index is 0.0329. The topological polar surface area (TPSA) is 374 Å². The van der Waals surface area contributed by atoms with Gasteiger partial charge in [-0.15, -0.1) is 0 Å². The number of rotatable bonds is 60. The molecule has 24 nitrogen and oxygen atoms in total. The van der Waals surface area contributed by atoms with Crippen LogP contribution < -0.4 is 0 Å². The first-order chi connectivity index (χ1) is 46.8. The lowest BCUT2D eigenvalue weighted by atomic mass is 9.84. The van der Waals surface area contributed by atoms with Gasteiger partial charge < -0.3 is 89.1 Å². The van der Waals surface area contributed by atoms with Crippen molar-refractivity contribution in [1.29, 1.82) is 0 Å². The van der Waals surface area contributed by atoms with Crippen LogP contribution in [0.3, 0.4) is 0 Å². The Morgan fingerprint density at radius 3 is 1.01 bits per heavy atom. The second-order valence-corrected chi connectivity index (χ2v) is 29.1. The SMILES string of the molecule is CCCCCCCCCCCCCCCCCC(=O)OCC(COP(=O)(O)OC1C(OC2OC(CO)C(O)C(O)C2O)C(O)C(O)C(O)C1OC1OC(COC(=O)CCCCCCCCCCCCCC)C(O)C(O)C1O)OC(=O)CCCCCCCCCCCCCCCCC. The Morgan fingerprint density at radius 1 is 0.361 bits per heavy atom. The Balaban J connectivity index is 1.73. The number of carbonyl (C=O) groups excluding carboxylic acids is 3. The van der Waals surface area contributed by atoms with Crippen molar-refractivity contribution in [3.8, 4) is 0 Å². The van der Waals surface area contributed by atoms with Gasteiger partial charge >= 0.3 is 25.7 Å². The number of aliphatic hydroxyl groups excluding tert-OH is 10. The summed E-state index contributed by atoms with van der Waals surface area (Å²) in [6.45, 7) is 3.47. The minimum Gasteiger partial charge on any atom is -0.463 e. The monoisotopic (exact) mass is 1410 g/mol. The zero-order valence-electron chi connectivity index (χ0n) is 59.6. The third-order valence-corrected chi connectivity index (χ3v) is 20.1. The van der Waals surface area contributed by atoms with Crippen LogP contribution in [0.25, 0.3) is 0 Å². The summed E-state index contributed by atoms with van der Waals surface area (Å²) in [6.07, 6.45) is 11.6. The van der Waals surface area contributed by atoms with E-state index in [1.165, 1.54) is 161 Å². The molecule has 3 rings (SSSR count). The Kier molecular flexibility index (Phi) is 50.2. The number of esters is 3. The van der Waals surface area contributed by atoms with Crippen LogP contribution in [0.1, 0.15) is 310 Å². The average Bonchev–Trinajstić information content (AvgIpc) is 0.763. The van der Waals surface area contributed by atoms with E-state index in [9.17, 15) is 74.9 Å². The first-order valence-electron chi connectivity index (χ1n) is 38.3. The van der Waals surface area contributed by atoms with E-state index in [1.807, 2.05) is 0 Å². The zero-order valence-corrected chi connectivity index (χ0v) is 60.5. The van der Waals surface area contributed by atoms with Gasteiger partial charge in [0.05, 0.1) is 13.2 Å². The van der Waals surface area contributed by atoms with E-state index in [2.05, 4.69) is 20.8 Å². The van der Waals surface area contributed by atoms with Gasteiger partial charge in [0.15, 0.2) is 18.7 Å². The summed E-state index contributed by atoms with van der Waals surface area (Å²) >= 11 is 0. The Labute approximate surface area is 580 Å². The summed E-state index contributed by atoms with van der Waals surface area (Å²) in [5.74, 6) is -1.97. The van der Waals surface area contributed by atoms with Gasteiger partial charge in [0, 0.05) is 19.3 Å². The Hall–Kier alpha value is -2.04. The Morgan fingerprint density at radius 2 is 0.660 bits per heavy atom. The fourth-order valence-electron chi connectivity index (χ4n) is 12.9. The van der Waals surface area contributed by atoms with Gasteiger partial charge in [0.2, 0.25) is 0 Å². The zero-order chi connectivity index (χ0) is 71.1. The van der Waals surface area contributed by atoms with Crippen molar-refractivity contribution >= 4 is 25.7 Å². The third kappa shape index (κ3) is 37.8. The predicted molar refractivity (Wildman–Crippen MR) is 365 cm³/mol. The van der Waals surface area contributed by atoms with Crippen molar-refractivity contribution in [2.75, 3.05) is 26.4 Å². The number of ether oxygens (including phenoxy) is 7. The van der Waals surface area contributed by atoms with E-state index < -0.39 is 156 Å². The van der Waals surface area contributed by atoms with E-state index >= 15 is 0 Å². The number of carbonyl (C=O) groups is 3. The van der Waals surface area contributed by atoms with Crippen molar-refractivity contribution in [1.82, 2.24) is 0 Å². The summed E-state index contributed by atoms with van der Waals surface area (Å²) in [4.78, 5) is 51.0. The normalized spacial score (nSPS) is 27.7. The molecule has 2 heterocycles. The number of phosphoric acid groups is 1. The molecule has 0 aromatic heterocycles. The largest absolute Gasteiger partial charge is 0.472 e. The van der Waals surface area contributed by atoms with Gasteiger partial charge in [-0.1, -0.05) is 271 Å². The fourth-order valence-corrected chi connectivity index (χ4v) is 13.8. The number of unbranched alkanes of at least 4 members (excludes halogenated alkanes) is 39. The molecule has 0 radical (unpaired) electrons. The fraction of sp³-hybridized carbons (Fsp3) is 0.958. The molecule has 0 aromatic rings. The lowest BCUT2D eigenvalue weighted by Gasteiger charge is -2.49. The first kappa shape index (κ1) is 89.2. The second-order valence-electron chi connectivity index (χ2n) is 27.7. The van der Waals surface area contributed by atoms with Crippen LogP contribution >= 0.6 is 7.82 Å². The highest BCUT2D eigenvalue weighted by Gasteiger charge is 2.58. The Bertz CT molecular complexity index is 2010. The van der Waals surface area contributed by atoms with E-state index in [1.54, 1.807) is 0 Å². The summed E-state index contributed by atoms with van der Waals surface area (Å²) in [7, 11) is -5.69. The maximum absolute atomic E-state index is 14.3. The molecule has 11 N–H and O–H groups in total. The molecule has 3 aliphatic rings. The summed E-state index contributed by atoms with van der Waals surface area (Å²) < 4.78 is 65.1. The highest BCUT2D eigenvalue weighted by molar-refractivity contribution is 7.47. The van der Waals surface area contributed by atoms with Crippen LogP contribution in [0.5, 0.6) is 0 Å². The first-order valence-corrected chi connectivity index (χ1v) is 39.8. The van der Waals surface area contributed by atoms with Gasteiger partial charge in [-0.05, 0) is 19.3 Å². The molecule has 18 unspecified atom stereocenters. The average molecular weight is 1420 g/mol. The van der Waals surface area contributed by atoms with Gasteiger partial charge in [-0.2, -0.15) is 0 Å². The molecule has 0 spiro atoms. The van der Waals surface area contributed by atoms with Crippen molar-refractivity contribution in [3.63, 3.8) is 0 Å². The van der Waals surface area contributed by atoms with E-state index in [-0.39, 0.29) is 19.3 Å². The maximum atomic E-state index is 14.3. The molecule has 0 bridgehead atoms. The molecule has 2 aliphatic heterocycles. The third-order valence-electron chi connectivity index (χ3n) is 19.1. The standard InChI is InChI=1S/C72H135O24P/c1-4-7-10-13-16-19-22-25-27-29-32-35-37-40-43-46-56(74)88-50-53(91-58(76)48-45-42-39-36-33-30-28-26-23-20-17-14-11-8-5-2)51-90-97(86,87)96-70-68(94-71-66(84)61(79)59(77)54(49-73)92-71)64(82)63(81)65(83)69(70)95-72-67(85)62(80)60(78)55(93-72)52-89-57(75)47-44-41-38-34-31-24-21-18-15-12-9-6-3/h53-55,59-73,77-85H,4-52H2,1-3H3,(H,86,87). The molecule has 572 valence electrons. The van der Waals surface area contributed by atoms with E-state index in [0.717, 1.165) is 89.9 Å². The van der Waals surface area contributed by atoms with Gasteiger partial charge in [0.1, 0.15) is 98.7 Å². The molecule has 1 aliphatic carbocycles. The van der Waals surface area contributed by atoms with E-state index in [0.29, 0.717) is 19.3 Å². The summed E-state index contributed by atoms with van der Waals surface area (Å²) in [5, 5.41) is 110. The predicted octanol–water partition coefficient (Wildman–Crippen LogP) is 10.6. The highest BCUT2D eigenvalue weighted by atomic mass is 31.2. The van der Waals surface area contributed by atoms with Crippen LogP contribution in [-0.2, 0) is 61.2 Å². The number of hydrogen-bond acceptors (Lipinski definition) is 23. The lowest BCUT2D eigenvalue weighted by Crippen LogP contribution is -2.69. The van der Waals surface area contributed by atoms with Crippen LogP contribution in [0.2, 0.25) is 0 Å². The van der Waals surface area contributed by atoms with Crippen molar-refractivity contribution < 1.29 is 117 Å². The molecular formula is C72H135O24P. The maximum Gasteiger partial charge on any atom is 0.472 e. The molecule has 97 heavy (non-hydrogen) atoms. The van der Waals surface area contributed by atoms with Crippen LogP contribution in [-0.4, -0.2) is 204 Å². The van der Waals surface area contributed by atoms with Crippen LogP contribution in [0, 0.1) is 0 Å². The smallest absolute Gasteiger partial charge is 0.463 e. The molecule has 25 heteroatoms. The molecule has 3 fully saturated rings. The summed E-state index contributed by atoms with van der Waals surface area (Å²) in [5.41, 5.74) is 0. The van der Waals surface area contributed by atoms with Crippen molar-refractivity contribution in [2.45, 2.75) is 414 Å².